The second-order valence-electron chi connectivity index (χ2n) is 13.0. The number of likely N-dealkylation sites (tertiary alicyclic amines) is 1. The zero-order valence-electron chi connectivity index (χ0n) is 25.8. The molecule has 0 bridgehead atoms. The maximum absolute atomic E-state index is 15.0. The van der Waals surface area contributed by atoms with E-state index in [0.29, 0.717) is 18.1 Å². The number of esters is 1. The van der Waals surface area contributed by atoms with Crippen LogP contribution in [0.25, 0.3) is 11.0 Å². The van der Waals surface area contributed by atoms with E-state index >= 15 is 0 Å². The van der Waals surface area contributed by atoms with Crippen molar-refractivity contribution in [3.8, 4) is 5.75 Å². The smallest absolute Gasteiger partial charge is 0.337 e. The van der Waals surface area contributed by atoms with Crippen LogP contribution in [0.1, 0.15) is 70.5 Å². The van der Waals surface area contributed by atoms with Gasteiger partial charge in [0.1, 0.15) is 17.4 Å². The van der Waals surface area contributed by atoms with Crippen LogP contribution in [0.2, 0.25) is 0 Å². The number of methoxy groups -OCH3 is 1. The largest absolute Gasteiger partial charge is 0.492 e. The Morgan fingerprint density at radius 1 is 1.11 bits per heavy atom. The van der Waals surface area contributed by atoms with Crippen molar-refractivity contribution in [1.29, 1.82) is 0 Å². The summed E-state index contributed by atoms with van der Waals surface area (Å²) in [5, 5.41) is 0. The molecule has 8 heteroatoms. The van der Waals surface area contributed by atoms with Gasteiger partial charge in [0, 0.05) is 12.0 Å². The van der Waals surface area contributed by atoms with Crippen LogP contribution in [0.15, 0.2) is 54.6 Å². The molecule has 0 aliphatic carbocycles. The minimum absolute atomic E-state index is 0.152. The first-order chi connectivity index (χ1) is 21.3. The molecule has 3 aliphatic heterocycles. The number of para-hydroxylation sites is 1. The van der Waals surface area contributed by atoms with Gasteiger partial charge in [0.2, 0.25) is 0 Å². The molecule has 3 aliphatic rings. The summed E-state index contributed by atoms with van der Waals surface area (Å²) in [5.74, 6) is 1.91. The van der Waals surface area contributed by atoms with Gasteiger partial charge in [-0.2, -0.15) is 0 Å². The van der Waals surface area contributed by atoms with Crippen molar-refractivity contribution in [1.82, 2.24) is 14.5 Å². The fourth-order valence-corrected chi connectivity index (χ4v) is 7.20. The Morgan fingerprint density at radius 3 is 2.66 bits per heavy atom. The molecule has 0 saturated carbocycles. The van der Waals surface area contributed by atoms with Crippen LogP contribution in [0, 0.1) is 12.7 Å². The number of ether oxygens (including phenoxy) is 3. The number of hydrogen-bond acceptors (Lipinski definition) is 6. The highest BCUT2D eigenvalue weighted by molar-refractivity contribution is 5.93. The van der Waals surface area contributed by atoms with Gasteiger partial charge >= 0.3 is 5.97 Å². The van der Waals surface area contributed by atoms with E-state index in [9.17, 15) is 9.18 Å². The van der Waals surface area contributed by atoms with Gasteiger partial charge in [0.25, 0.3) is 0 Å². The number of imidazole rings is 1. The van der Waals surface area contributed by atoms with Crippen molar-refractivity contribution < 1.29 is 23.4 Å². The van der Waals surface area contributed by atoms with E-state index in [0.717, 1.165) is 97.8 Å². The number of carbonyl (C=O) groups is 1. The molecule has 3 aromatic carbocycles. The number of halogens is 1. The number of rotatable bonds is 7. The number of aromatic nitrogens is 2. The number of piperidine rings is 1. The van der Waals surface area contributed by atoms with E-state index in [1.807, 2.05) is 31.2 Å². The van der Waals surface area contributed by atoms with Crippen molar-refractivity contribution in [2.75, 3.05) is 33.4 Å². The first-order valence-electron chi connectivity index (χ1n) is 15.7. The molecule has 7 nitrogen and oxygen atoms in total. The molecule has 0 spiro atoms. The SMILES string of the molecule is COC(=O)c1ccc2nc(CN3CCC(c4cccc5c4OCC(C)(c4ccc(C)cc4F)C5)CC3)n(CC3CCO3)c2c1. The number of benzene rings is 3. The van der Waals surface area contributed by atoms with Crippen LogP contribution in [0.5, 0.6) is 5.75 Å². The van der Waals surface area contributed by atoms with Gasteiger partial charge in [-0.15, -0.1) is 0 Å². The van der Waals surface area contributed by atoms with E-state index < -0.39 is 5.41 Å². The lowest BCUT2D eigenvalue weighted by atomic mass is 9.75. The van der Waals surface area contributed by atoms with E-state index in [1.54, 1.807) is 12.1 Å². The van der Waals surface area contributed by atoms with Gasteiger partial charge < -0.3 is 18.8 Å². The molecule has 4 aromatic rings. The molecule has 1 aromatic heterocycles. The molecule has 0 N–H and O–H groups in total. The highest BCUT2D eigenvalue weighted by Gasteiger charge is 2.37. The summed E-state index contributed by atoms with van der Waals surface area (Å²) in [7, 11) is 1.40. The van der Waals surface area contributed by atoms with Gasteiger partial charge in [-0.1, -0.05) is 37.3 Å². The van der Waals surface area contributed by atoms with Crippen molar-refractivity contribution in [3.05, 3.63) is 94.1 Å². The van der Waals surface area contributed by atoms with Crippen molar-refractivity contribution >= 4 is 17.0 Å². The third-order valence-electron chi connectivity index (χ3n) is 9.84. The first kappa shape index (κ1) is 29.0. The predicted octanol–water partition coefficient (Wildman–Crippen LogP) is 6.33. The summed E-state index contributed by atoms with van der Waals surface area (Å²) >= 11 is 0. The third kappa shape index (κ3) is 5.39. The molecule has 2 unspecified atom stereocenters. The van der Waals surface area contributed by atoms with Crippen LogP contribution in [-0.4, -0.2) is 59.9 Å². The Balaban J connectivity index is 1.07. The van der Waals surface area contributed by atoms with E-state index in [4.69, 9.17) is 19.2 Å². The van der Waals surface area contributed by atoms with Crippen molar-refractivity contribution in [2.45, 2.75) is 70.1 Å². The second-order valence-corrected chi connectivity index (χ2v) is 13.0. The highest BCUT2D eigenvalue weighted by atomic mass is 19.1. The predicted molar refractivity (Wildman–Crippen MR) is 167 cm³/mol. The second kappa shape index (κ2) is 11.6. The Labute approximate surface area is 257 Å². The zero-order valence-corrected chi connectivity index (χ0v) is 25.8. The van der Waals surface area contributed by atoms with Gasteiger partial charge in [0.15, 0.2) is 0 Å². The first-order valence-corrected chi connectivity index (χ1v) is 15.7. The molecule has 2 atom stereocenters. The van der Waals surface area contributed by atoms with E-state index in [1.165, 1.54) is 12.7 Å². The molecule has 2 fully saturated rings. The topological polar surface area (TPSA) is 65.8 Å². The number of nitrogens with zero attached hydrogens (tertiary/aromatic N) is 3. The summed E-state index contributed by atoms with van der Waals surface area (Å²) in [4.78, 5) is 19.7. The lowest BCUT2D eigenvalue weighted by molar-refractivity contribution is -0.0592. The summed E-state index contributed by atoms with van der Waals surface area (Å²) in [6.07, 6.45) is 4.02. The van der Waals surface area contributed by atoms with E-state index in [-0.39, 0.29) is 17.9 Å². The van der Waals surface area contributed by atoms with Crippen LogP contribution < -0.4 is 4.74 Å². The van der Waals surface area contributed by atoms with Crippen molar-refractivity contribution in [2.24, 2.45) is 0 Å². The standard InChI is InChI=1S/C36H40FN3O4/c1-23-7-9-29(30(37)17-23)36(2)19-26-5-4-6-28(34(26)44-22-36)24-11-14-39(15-12-24)21-33-38-31-10-8-25(35(41)42-3)18-32(31)40(33)20-27-13-16-43-27/h4-10,17-18,24,27H,11-16,19-22H2,1-3H3. The summed E-state index contributed by atoms with van der Waals surface area (Å²) in [6, 6.07) is 17.6. The number of aryl methyl sites for hydroxylation is 1. The van der Waals surface area contributed by atoms with Gasteiger partial charge in [-0.25, -0.2) is 14.2 Å². The van der Waals surface area contributed by atoms with E-state index in [2.05, 4.69) is 34.6 Å². The number of fused-ring (bicyclic) bond motifs is 2. The average Bonchev–Trinajstić information content (AvgIpc) is 3.34. The average molecular weight is 598 g/mol. The summed E-state index contributed by atoms with van der Waals surface area (Å²) < 4.78 is 34.4. The molecular weight excluding hydrogens is 557 g/mol. The van der Waals surface area contributed by atoms with Crippen LogP contribution in [-0.2, 0) is 34.4 Å². The molecule has 230 valence electrons. The zero-order chi connectivity index (χ0) is 30.4. The fraction of sp³-hybridized carbons (Fsp3) is 0.444. The van der Waals surface area contributed by atoms with Crippen LogP contribution in [0.3, 0.4) is 0 Å². The lowest BCUT2D eigenvalue weighted by Crippen LogP contribution is -2.38. The minimum atomic E-state index is -0.402. The Morgan fingerprint density at radius 2 is 1.93 bits per heavy atom. The quantitative estimate of drug-likeness (QED) is 0.232. The molecule has 2 saturated heterocycles. The van der Waals surface area contributed by atoms with Gasteiger partial charge in [0.05, 0.1) is 49.5 Å². The normalized spacial score (nSPS) is 22.3. The highest BCUT2D eigenvalue weighted by Crippen LogP contribution is 2.44. The molecular formula is C36H40FN3O4. The third-order valence-corrected chi connectivity index (χ3v) is 9.84. The molecule has 7 rings (SSSR count). The van der Waals surface area contributed by atoms with Gasteiger partial charge in [-0.3, -0.25) is 4.90 Å². The monoisotopic (exact) mass is 597 g/mol. The molecule has 0 radical (unpaired) electrons. The Kier molecular flexibility index (Phi) is 7.67. The summed E-state index contributed by atoms with van der Waals surface area (Å²) in [5.41, 5.74) is 6.05. The van der Waals surface area contributed by atoms with Crippen LogP contribution >= 0.6 is 0 Å². The number of hydrogen-bond donors (Lipinski definition) is 0. The molecule has 4 heterocycles. The molecule has 0 amide bonds. The number of carbonyl (C=O) groups excluding carboxylic acids is 1. The fourth-order valence-electron chi connectivity index (χ4n) is 7.20. The maximum Gasteiger partial charge on any atom is 0.337 e. The van der Waals surface area contributed by atoms with Crippen LogP contribution in [0.4, 0.5) is 4.39 Å². The summed E-state index contributed by atoms with van der Waals surface area (Å²) in [6.45, 7) is 8.67. The Hall–Kier alpha value is -3.75. The maximum atomic E-state index is 15.0. The lowest BCUT2D eigenvalue weighted by Gasteiger charge is -2.38. The molecule has 44 heavy (non-hydrogen) atoms. The Bertz CT molecular complexity index is 1710. The van der Waals surface area contributed by atoms with Crippen molar-refractivity contribution in [3.63, 3.8) is 0 Å². The van der Waals surface area contributed by atoms with Gasteiger partial charge in [-0.05, 0) is 98.1 Å². The minimum Gasteiger partial charge on any atom is -0.492 e.